The standard InChI is InChI=1S/C19H17ClFN3O2.C17H15ClFN5O2.C13H13N3O2.C11H9ClFN3.C6H5BrClF.C6H8N2O3/c1-26-14-5-2-12(3-6-14)11-22-18-9-8-17(23-24-18)19(25)15-10-13(20)4-7-16(15)21;1-24-16(25)7-5-14(23-24)17(26)20-15-6-3-12(21-22-15)9-10-8-11(18)2-4-13(10)19;1-18-12-5-2-10(3-6-12)8-14-13-7-4-11(9-17)15-16-13;12-8-1-3-10(13)7(5-8)6-9-2-4-11(14)16-15-9;7-5-3-4(8)1-2-6(5)9;1-8-5(9)3-2-4(7-8)6(10)11/h2-10,19,25H,11H2,1H3,(H,22,24);2-4,6,8H,5,7,9H2,1H3,(H,20,22,26);2-7,9H,8H2,1H3,(H,14,16);1-5H,6H2,(H2,14,16);2-4H,1H2;2-3H2,1H3,(H,10,11). The van der Waals surface area contributed by atoms with Crippen LogP contribution in [-0.4, -0.2) is 136 Å². The van der Waals surface area contributed by atoms with Crippen molar-refractivity contribution in [1.82, 2.24) is 50.8 Å². The second-order valence-electron chi connectivity index (χ2n) is 22.5. The molecule has 3 aliphatic rings. The van der Waals surface area contributed by atoms with Crippen LogP contribution in [0.4, 0.5) is 40.8 Å². The van der Waals surface area contributed by atoms with Crippen molar-refractivity contribution in [3.8, 4) is 11.5 Å². The first kappa shape index (κ1) is 82.4. The number of carboxylic acids is 1. The van der Waals surface area contributed by atoms with E-state index in [1.54, 1.807) is 74.9 Å². The summed E-state index contributed by atoms with van der Waals surface area (Å²) >= 11 is 26.2. The lowest BCUT2D eigenvalue weighted by Crippen LogP contribution is -2.34. The van der Waals surface area contributed by atoms with E-state index >= 15 is 0 Å². The predicted octanol–water partition coefficient (Wildman–Crippen LogP) is 13.5. The van der Waals surface area contributed by atoms with E-state index in [9.17, 15) is 46.6 Å². The predicted molar refractivity (Wildman–Crippen MR) is 398 cm³/mol. The Balaban J connectivity index is 0.000000184. The first-order valence-corrected chi connectivity index (χ1v) is 34.0. The number of nitrogens with zero attached hydrogens (tertiary/aromatic N) is 12. The molecular weight excluding hydrogens is 1530 g/mol. The molecule has 25 nitrogen and oxygen atoms in total. The number of carbonyl (C=O) groups is 5. The van der Waals surface area contributed by atoms with Crippen LogP contribution < -0.4 is 31.2 Å². The van der Waals surface area contributed by atoms with Crippen LogP contribution in [0.3, 0.4) is 0 Å². The Kier molecular flexibility index (Phi) is 32.3. The number of aliphatic carboxylic acids is 1. The van der Waals surface area contributed by atoms with Crippen molar-refractivity contribution in [2.45, 2.75) is 69.5 Å². The topological polar surface area (TPSA) is 341 Å². The molecule has 3 amide bonds. The minimum atomic E-state index is -1.24. The number of hydrazone groups is 2. The van der Waals surface area contributed by atoms with E-state index in [1.807, 2.05) is 48.5 Å². The summed E-state index contributed by atoms with van der Waals surface area (Å²) in [7, 11) is 6.20. The Hall–Kier alpha value is -10.9. The maximum atomic E-state index is 13.9. The molecule has 0 fully saturated rings. The number of amides is 3. The molecule has 9 aromatic rings. The number of rotatable bonds is 18. The van der Waals surface area contributed by atoms with Crippen LogP contribution in [-0.2, 0) is 45.1 Å². The minimum Gasteiger partial charge on any atom is -0.497 e. The number of halogens is 9. The van der Waals surface area contributed by atoms with Crippen molar-refractivity contribution in [2.75, 3.05) is 50.0 Å². The molecule has 4 aromatic heterocycles. The quantitative estimate of drug-likeness (QED) is 0.0264. The van der Waals surface area contributed by atoms with Crippen LogP contribution in [0.25, 0.3) is 0 Å². The van der Waals surface area contributed by atoms with E-state index in [0.717, 1.165) is 32.6 Å². The Morgan fingerprint density at radius 1 is 0.613 bits per heavy atom. The monoisotopic (exact) mass is 1590 g/mol. The van der Waals surface area contributed by atoms with E-state index in [-0.39, 0.29) is 95.3 Å². The summed E-state index contributed by atoms with van der Waals surface area (Å²) in [6.07, 6.45) is 4.69. The van der Waals surface area contributed by atoms with Crippen molar-refractivity contribution in [3.05, 3.63) is 257 Å². The third kappa shape index (κ3) is 27.0. The zero-order valence-corrected chi connectivity index (χ0v) is 61.4. The van der Waals surface area contributed by atoms with Gasteiger partial charge < -0.3 is 41.4 Å². The largest absolute Gasteiger partial charge is 0.497 e. The molecule has 2 aliphatic heterocycles. The lowest BCUT2D eigenvalue weighted by Gasteiger charge is -2.18. The second kappa shape index (κ2) is 41.6. The third-order valence-corrected chi connectivity index (χ3v) is 16.4. The van der Waals surface area contributed by atoms with Gasteiger partial charge in [0.2, 0.25) is 11.8 Å². The van der Waals surface area contributed by atoms with Gasteiger partial charge in [-0.15, -0.1) is 37.1 Å². The van der Waals surface area contributed by atoms with Gasteiger partial charge in [-0.05, 0) is 184 Å². The number of nitrogen functional groups attached to an aromatic ring is 1. The highest BCUT2D eigenvalue weighted by Gasteiger charge is 2.24. The summed E-state index contributed by atoms with van der Waals surface area (Å²) in [6, 6.07) is 41.3. The number of hydrogen-bond donors (Lipinski definition) is 6. The summed E-state index contributed by atoms with van der Waals surface area (Å²) in [5.74, 6) is 0.171. The van der Waals surface area contributed by atoms with Gasteiger partial charge in [0.15, 0.2) is 12.1 Å². The highest BCUT2D eigenvalue weighted by atomic mass is 79.9. The highest BCUT2D eigenvalue weighted by Crippen LogP contribution is 2.29. The average Bonchev–Trinajstić information content (AvgIpc) is 0.836. The molecule has 6 heterocycles. The summed E-state index contributed by atoms with van der Waals surface area (Å²) in [5, 5.41) is 69.6. The van der Waals surface area contributed by atoms with Crippen LogP contribution >= 0.6 is 62.3 Å². The molecule has 0 saturated heterocycles. The average molecular weight is 1600 g/mol. The molecule has 2 atom stereocenters. The lowest BCUT2D eigenvalue weighted by atomic mass is 10.1. The number of allylic oxidation sites excluding steroid dienone is 4. The van der Waals surface area contributed by atoms with E-state index in [2.05, 4.69) is 82.9 Å². The Morgan fingerprint density at radius 2 is 1.09 bits per heavy atom. The molecular formula is C72H67BrCl4F4N16O9. The molecule has 5 aromatic carbocycles. The van der Waals surface area contributed by atoms with Crippen molar-refractivity contribution < 1.29 is 61.2 Å². The van der Waals surface area contributed by atoms with E-state index in [4.69, 9.17) is 66.7 Å². The Labute approximate surface area is 633 Å². The van der Waals surface area contributed by atoms with Crippen LogP contribution in [0.2, 0.25) is 15.1 Å². The minimum absolute atomic E-state index is 0.0482. The number of benzene rings is 5. The molecule has 552 valence electrons. The number of nitrogens with two attached hydrogens (primary N) is 1. The summed E-state index contributed by atoms with van der Waals surface area (Å²) < 4.78 is 64.1. The molecule has 7 N–H and O–H groups in total. The smallest absolute Gasteiger partial charge is 0.352 e. The molecule has 0 saturated carbocycles. The molecule has 0 radical (unpaired) electrons. The molecule has 1 aliphatic carbocycles. The number of hydrogen-bond acceptors (Lipinski definition) is 21. The fourth-order valence-electron chi connectivity index (χ4n) is 9.04. The lowest BCUT2D eigenvalue weighted by molar-refractivity contribution is -0.132. The van der Waals surface area contributed by atoms with Crippen LogP contribution in [0.1, 0.15) is 93.6 Å². The van der Waals surface area contributed by atoms with Gasteiger partial charge in [0, 0.05) is 86.3 Å². The number of nitrogens with one attached hydrogen (secondary N) is 3. The number of aliphatic hydroxyl groups is 1. The van der Waals surface area contributed by atoms with Gasteiger partial charge >= 0.3 is 5.97 Å². The fraction of sp³-hybridized carbons (Fsp3) is 0.208. The van der Waals surface area contributed by atoms with Gasteiger partial charge in [-0.3, -0.25) is 19.2 Å². The van der Waals surface area contributed by atoms with E-state index < -0.39 is 23.8 Å². The third-order valence-electron chi connectivity index (χ3n) is 14.8. The molecule has 0 bridgehead atoms. The molecule has 0 spiro atoms. The maximum Gasteiger partial charge on any atom is 0.352 e. The molecule has 106 heavy (non-hydrogen) atoms. The van der Waals surface area contributed by atoms with Gasteiger partial charge in [0.25, 0.3) is 5.91 Å². The Morgan fingerprint density at radius 3 is 1.54 bits per heavy atom. The van der Waals surface area contributed by atoms with Gasteiger partial charge in [-0.2, -0.15) is 25.5 Å². The number of aromatic nitrogens is 8. The number of aldehydes is 1. The number of alkyl halides is 1. The SMILES string of the molecule is CN1N=C(C(=O)Nc2ccc(Cc3cc(Cl)ccc3F)nn2)CCC1=O.CN1N=C(C(=O)O)CCC1=O.COc1ccc(CNc2ccc(C(O)c3cc(Cl)ccc3F)nn2)cc1.COc1ccc(CNc2ccc(C=O)nn2)cc1.FC1=CCC(Cl)C=C1Br.Nc1ccc(Cc2cc(Cl)ccc2F)nn1. The summed E-state index contributed by atoms with van der Waals surface area (Å²) in [5.41, 5.74) is 10.6. The Bertz CT molecular complexity index is 4600. The number of anilines is 4. The van der Waals surface area contributed by atoms with E-state index in [0.29, 0.717) is 97.4 Å². The fourth-order valence-corrected chi connectivity index (χ4v) is 10.5. The van der Waals surface area contributed by atoms with Crippen LogP contribution in [0, 0.1) is 17.5 Å². The second-order valence-corrected chi connectivity index (χ2v) is 25.2. The van der Waals surface area contributed by atoms with Crippen LogP contribution in [0.5, 0.6) is 11.5 Å². The first-order chi connectivity index (χ1) is 50.8. The molecule has 34 heteroatoms. The van der Waals surface area contributed by atoms with Crippen LogP contribution in [0.15, 0.2) is 184 Å². The van der Waals surface area contributed by atoms with Crippen molar-refractivity contribution >= 4 is 127 Å². The number of methoxy groups -OCH3 is 2. The van der Waals surface area contributed by atoms with Crippen molar-refractivity contribution in [3.63, 3.8) is 0 Å². The van der Waals surface area contributed by atoms with Gasteiger partial charge in [-0.25, -0.2) is 32.4 Å². The zero-order valence-electron chi connectivity index (χ0n) is 56.8. The van der Waals surface area contributed by atoms with Gasteiger partial charge in [-0.1, -0.05) is 59.1 Å². The number of carboxylic acid groups (broad SMARTS) is 1. The summed E-state index contributed by atoms with van der Waals surface area (Å²) in [6.45, 7) is 1.20. The normalized spacial score (nSPS) is 13.8. The van der Waals surface area contributed by atoms with Crippen molar-refractivity contribution in [1.29, 1.82) is 0 Å². The number of ether oxygens (including phenoxy) is 2. The number of carbonyl (C=O) groups excluding carboxylic acids is 4. The zero-order chi connectivity index (χ0) is 76.8. The van der Waals surface area contributed by atoms with Gasteiger partial charge in [0.05, 0.1) is 41.2 Å². The maximum absolute atomic E-state index is 13.9. The summed E-state index contributed by atoms with van der Waals surface area (Å²) in [4.78, 5) is 55.1. The van der Waals surface area contributed by atoms with Crippen molar-refractivity contribution in [2.24, 2.45) is 10.2 Å². The molecule has 12 rings (SSSR count). The van der Waals surface area contributed by atoms with Gasteiger partial charge in [0.1, 0.15) is 75.5 Å². The van der Waals surface area contributed by atoms with E-state index in [1.165, 1.54) is 68.7 Å². The number of aliphatic hydroxyl groups excluding tert-OH is 1. The molecule has 2 unspecified atom stereocenters. The first-order valence-electron chi connectivity index (χ1n) is 31.6. The highest BCUT2D eigenvalue weighted by molar-refractivity contribution is 9.12.